The summed E-state index contributed by atoms with van der Waals surface area (Å²) in [4.78, 5) is 11.0. The molecule has 5 heteroatoms. The summed E-state index contributed by atoms with van der Waals surface area (Å²) in [6, 6.07) is 0. The zero-order valence-electron chi connectivity index (χ0n) is 8.80. The van der Waals surface area contributed by atoms with Crippen LogP contribution in [0.1, 0.15) is 23.8 Å². The molecule has 82 valence electrons. The molecule has 1 N–H and O–H groups in total. The van der Waals surface area contributed by atoms with Gasteiger partial charge >= 0.3 is 5.97 Å². The number of ether oxygens (including phenoxy) is 1. The smallest absolute Gasteiger partial charge is 0.309 e. The summed E-state index contributed by atoms with van der Waals surface area (Å²) in [6.45, 7) is 2.43. The van der Waals surface area contributed by atoms with Crippen LogP contribution < -0.4 is 0 Å². The van der Waals surface area contributed by atoms with E-state index in [0.717, 1.165) is 11.3 Å². The number of nitrogens with zero attached hydrogens (tertiary/aromatic N) is 2. The number of rotatable bonds is 2. The van der Waals surface area contributed by atoms with Crippen LogP contribution in [0.15, 0.2) is 6.20 Å². The third kappa shape index (κ3) is 1.63. The second-order valence-electron chi connectivity index (χ2n) is 3.83. The summed E-state index contributed by atoms with van der Waals surface area (Å²) in [5.41, 5.74) is 1.86. The summed E-state index contributed by atoms with van der Waals surface area (Å²) in [5, 5.41) is 13.1. The standard InChI is InChI=1S/C10H14N2O3/c1-6-8(5-11-12(6)2)9-7(10(13)14)3-4-15-9/h5,7,9H,3-4H2,1-2H3,(H,13,14)/t7-,9-/m0/s1. The molecule has 1 aromatic heterocycles. The van der Waals surface area contributed by atoms with Gasteiger partial charge in [0.1, 0.15) is 0 Å². The molecule has 0 bridgehead atoms. The summed E-state index contributed by atoms with van der Waals surface area (Å²) >= 11 is 0. The van der Waals surface area contributed by atoms with E-state index in [2.05, 4.69) is 5.10 Å². The van der Waals surface area contributed by atoms with Gasteiger partial charge in [-0.15, -0.1) is 0 Å². The minimum Gasteiger partial charge on any atom is -0.481 e. The molecular formula is C10H14N2O3. The fraction of sp³-hybridized carbons (Fsp3) is 0.600. The van der Waals surface area contributed by atoms with Crippen LogP contribution in [-0.4, -0.2) is 27.5 Å². The van der Waals surface area contributed by atoms with E-state index in [9.17, 15) is 4.79 Å². The Morgan fingerprint density at radius 2 is 2.47 bits per heavy atom. The van der Waals surface area contributed by atoms with E-state index in [0.29, 0.717) is 13.0 Å². The largest absolute Gasteiger partial charge is 0.481 e. The fourth-order valence-electron chi connectivity index (χ4n) is 1.94. The number of aliphatic carboxylic acids is 1. The Bertz CT molecular complexity index is 386. The number of aryl methyl sites for hydroxylation is 1. The van der Waals surface area contributed by atoms with Gasteiger partial charge < -0.3 is 9.84 Å². The maximum absolute atomic E-state index is 11.0. The average Bonchev–Trinajstić information content (AvgIpc) is 2.75. The van der Waals surface area contributed by atoms with Gasteiger partial charge in [0.2, 0.25) is 0 Å². The second kappa shape index (κ2) is 3.66. The maximum atomic E-state index is 11.0. The SMILES string of the molecule is Cc1c([C@H]2OCC[C@@H]2C(=O)O)cnn1C. The predicted octanol–water partition coefficient (Wildman–Crippen LogP) is 0.891. The van der Waals surface area contributed by atoms with E-state index in [4.69, 9.17) is 9.84 Å². The van der Waals surface area contributed by atoms with Crippen molar-refractivity contribution in [2.24, 2.45) is 13.0 Å². The van der Waals surface area contributed by atoms with Crippen LogP contribution in [0.4, 0.5) is 0 Å². The quantitative estimate of drug-likeness (QED) is 0.787. The first-order valence-electron chi connectivity index (χ1n) is 4.94. The van der Waals surface area contributed by atoms with Gasteiger partial charge in [-0.1, -0.05) is 0 Å². The second-order valence-corrected chi connectivity index (χ2v) is 3.83. The number of aromatic nitrogens is 2. The Morgan fingerprint density at radius 3 is 3.00 bits per heavy atom. The molecule has 2 atom stereocenters. The first-order valence-corrected chi connectivity index (χ1v) is 4.94. The molecule has 0 radical (unpaired) electrons. The Morgan fingerprint density at radius 1 is 1.73 bits per heavy atom. The van der Waals surface area contributed by atoms with Gasteiger partial charge in [0, 0.05) is 24.9 Å². The Labute approximate surface area is 87.7 Å². The van der Waals surface area contributed by atoms with Crippen molar-refractivity contribution in [3.05, 3.63) is 17.5 Å². The summed E-state index contributed by atoms with van der Waals surface area (Å²) in [6.07, 6.45) is 1.94. The van der Waals surface area contributed by atoms with E-state index in [1.54, 1.807) is 10.9 Å². The van der Waals surface area contributed by atoms with E-state index in [1.165, 1.54) is 0 Å². The first-order chi connectivity index (χ1) is 7.11. The van der Waals surface area contributed by atoms with Gasteiger partial charge in [-0.3, -0.25) is 9.48 Å². The number of carboxylic acid groups (broad SMARTS) is 1. The lowest BCUT2D eigenvalue weighted by atomic mass is 9.96. The van der Waals surface area contributed by atoms with Crippen LogP contribution in [0, 0.1) is 12.8 Å². The van der Waals surface area contributed by atoms with E-state index in [1.807, 2.05) is 14.0 Å². The Kier molecular flexibility index (Phi) is 2.48. The molecule has 1 aliphatic heterocycles. The molecule has 1 aliphatic rings. The van der Waals surface area contributed by atoms with Crippen molar-refractivity contribution in [1.29, 1.82) is 0 Å². The predicted molar refractivity (Wildman–Crippen MR) is 52.4 cm³/mol. The number of hydrogen-bond acceptors (Lipinski definition) is 3. The molecule has 0 saturated carbocycles. The van der Waals surface area contributed by atoms with Crippen molar-refractivity contribution in [3.63, 3.8) is 0 Å². The van der Waals surface area contributed by atoms with Crippen molar-refractivity contribution in [3.8, 4) is 0 Å². The lowest BCUT2D eigenvalue weighted by Gasteiger charge is -2.14. The van der Waals surface area contributed by atoms with Crippen molar-refractivity contribution in [2.45, 2.75) is 19.4 Å². The monoisotopic (exact) mass is 210 g/mol. The number of carboxylic acids is 1. The zero-order valence-corrected chi connectivity index (χ0v) is 8.80. The molecule has 1 aromatic rings. The molecule has 5 nitrogen and oxygen atoms in total. The summed E-state index contributed by atoms with van der Waals surface area (Å²) in [5.74, 6) is -1.23. The number of carbonyl (C=O) groups is 1. The molecule has 1 fully saturated rings. The minimum absolute atomic E-state index is 0.337. The van der Waals surface area contributed by atoms with Crippen LogP contribution in [0.25, 0.3) is 0 Å². The molecular weight excluding hydrogens is 196 g/mol. The maximum Gasteiger partial charge on any atom is 0.309 e. The van der Waals surface area contributed by atoms with Crippen LogP contribution in [0.5, 0.6) is 0 Å². The van der Waals surface area contributed by atoms with Gasteiger partial charge in [0.05, 0.1) is 18.2 Å². The molecule has 2 rings (SSSR count). The molecule has 0 spiro atoms. The van der Waals surface area contributed by atoms with Crippen LogP contribution in [0.3, 0.4) is 0 Å². The molecule has 0 unspecified atom stereocenters. The zero-order chi connectivity index (χ0) is 11.0. The third-order valence-corrected chi connectivity index (χ3v) is 2.99. The van der Waals surface area contributed by atoms with Crippen LogP contribution in [-0.2, 0) is 16.6 Å². The third-order valence-electron chi connectivity index (χ3n) is 2.99. The van der Waals surface area contributed by atoms with Crippen molar-refractivity contribution < 1.29 is 14.6 Å². The fourth-order valence-corrected chi connectivity index (χ4v) is 1.94. The molecule has 0 aliphatic carbocycles. The molecule has 1 saturated heterocycles. The topological polar surface area (TPSA) is 64.3 Å². The van der Waals surface area contributed by atoms with Crippen molar-refractivity contribution in [2.75, 3.05) is 6.61 Å². The normalized spacial score (nSPS) is 25.7. The van der Waals surface area contributed by atoms with Crippen molar-refractivity contribution >= 4 is 5.97 Å². The molecule has 2 heterocycles. The Balaban J connectivity index is 2.30. The van der Waals surface area contributed by atoms with Gasteiger partial charge in [-0.25, -0.2) is 0 Å². The molecule has 15 heavy (non-hydrogen) atoms. The lowest BCUT2D eigenvalue weighted by Crippen LogP contribution is -2.18. The highest BCUT2D eigenvalue weighted by molar-refractivity contribution is 5.71. The van der Waals surface area contributed by atoms with E-state index >= 15 is 0 Å². The van der Waals surface area contributed by atoms with Gasteiger partial charge in [-0.2, -0.15) is 5.10 Å². The van der Waals surface area contributed by atoms with Crippen LogP contribution >= 0.6 is 0 Å². The highest BCUT2D eigenvalue weighted by atomic mass is 16.5. The summed E-state index contributed by atoms with van der Waals surface area (Å²) < 4.78 is 7.20. The average molecular weight is 210 g/mol. The van der Waals surface area contributed by atoms with Gasteiger partial charge in [0.15, 0.2) is 0 Å². The molecule has 0 amide bonds. The van der Waals surface area contributed by atoms with Gasteiger partial charge in [0.25, 0.3) is 0 Å². The van der Waals surface area contributed by atoms with Crippen LogP contribution in [0.2, 0.25) is 0 Å². The van der Waals surface area contributed by atoms with Gasteiger partial charge in [-0.05, 0) is 13.3 Å². The lowest BCUT2D eigenvalue weighted by molar-refractivity contribution is -0.143. The first kappa shape index (κ1) is 10.2. The highest BCUT2D eigenvalue weighted by Gasteiger charge is 2.36. The number of hydrogen-bond donors (Lipinski definition) is 1. The van der Waals surface area contributed by atoms with E-state index < -0.39 is 11.9 Å². The highest BCUT2D eigenvalue weighted by Crippen LogP contribution is 2.35. The molecule has 0 aromatic carbocycles. The summed E-state index contributed by atoms with van der Waals surface area (Å²) in [7, 11) is 1.84. The minimum atomic E-state index is -0.791. The van der Waals surface area contributed by atoms with E-state index in [-0.39, 0.29) is 6.10 Å². The Hall–Kier alpha value is -1.36. The van der Waals surface area contributed by atoms with Crippen molar-refractivity contribution in [1.82, 2.24) is 9.78 Å².